The third-order valence-corrected chi connectivity index (χ3v) is 6.20. The smallest absolute Gasteiger partial charge is 0.247 e. The molecule has 2 heterocycles. The largest absolute Gasteiger partial charge is 0.487 e. The fourth-order valence-electron chi connectivity index (χ4n) is 3.75. The van der Waals surface area contributed by atoms with Gasteiger partial charge in [-0.1, -0.05) is 42.5 Å². The maximum absolute atomic E-state index is 13.0. The Morgan fingerprint density at radius 2 is 2.03 bits per heavy atom. The maximum Gasteiger partial charge on any atom is 0.247 e. The minimum absolute atomic E-state index is 0.0335. The van der Waals surface area contributed by atoms with Crippen LogP contribution < -0.4 is 4.74 Å². The number of aryl methyl sites for hydroxylation is 1. The van der Waals surface area contributed by atoms with Crippen LogP contribution in [-0.4, -0.2) is 47.4 Å². The van der Waals surface area contributed by atoms with Gasteiger partial charge in [0.25, 0.3) is 0 Å². The predicted octanol–water partition coefficient (Wildman–Crippen LogP) is 4.56. The molecule has 1 aliphatic heterocycles. The number of carbonyl (C=O) groups excluding carboxylic acids is 1. The summed E-state index contributed by atoms with van der Waals surface area (Å²) in [7, 11) is 2.10. The number of nitrogens with zero attached hydrogens (tertiary/aromatic N) is 3. The van der Waals surface area contributed by atoms with Crippen LogP contribution in [0.1, 0.15) is 27.9 Å². The van der Waals surface area contributed by atoms with Crippen molar-refractivity contribution in [3.8, 4) is 5.75 Å². The number of ether oxygens (including phenoxy) is 1. The van der Waals surface area contributed by atoms with E-state index in [1.165, 1.54) is 5.56 Å². The third kappa shape index (κ3) is 5.60. The van der Waals surface area contributed by atoms with Gasteiger partial charge >= 0.3 is 0 Å². The number of aromatic nitrogens is 1. The molecule has 6 heteroatoms. The molecular formula is C25H27N3O2S. The highest BCUT2D eigenvalue weighted by atomic mass is 32.1. The zero-order valence-electron chi connectivity index (χ0n) is 17.9. The van der Waals surface area contributed by atoms with E-state index in [0.29, 0.717) is 6.61 Å². The molecule has 0 radical (unpaired) electrons. The predicted molar refractivity (Wildman–Crippen MR) is 125 cm³/mol. The molecule has 0 N–H and O–H groups in total. The number of likely N-dealkylation sites (N-methyl/N-ethyl adjacent to an activating group) is 1. The van der Waals surface area contributed by atoms with Crippen LogP contribution in [0.25, 0.3) is 6.08 Å². The molecule has 1 saturated heterocycles. The average molecular weight is 434 g/mol. The van der Waals surface area contributed by atoms with Gasteiger partial charge in [-0.15, -0.1) is 11.3 Å². The van der Waals surface area contributed by atoms with Gasteiger partial charge in [-0.2, -0.15) is 0 Å². The van der Waals surface area contributed by atoms with Gasteiger partial charge in [-0.25, -0.2) is 4.98 Å². The highest BCUT2D eigenvalue weighted by Crippen LogP contribution is 2.25. The number of amides is 1. The summed E-state index contributed by atoms with van der Waals surface area (Å²) < 4.78 is 5.87. The van der Waals surface area contributed by atoms with Crippen molar-refractivity contribution in [3.05, 3.63) is 87.9 Å². The van der Waals surface area contributed by atoms with E-state index in [0.717, 1.165) is 41.6 Å². The standard InChI is InChI=1S/C25H27N3O2S/c1-19-26-22(18-31-19)17-30-23-10-6-7-20(15-23)11-12-25(29)28-14-13-27(2)16-24(28)21-8-4-3-5-9-21/h3-12,15,18,24H,13-14,16-17H2,1-2H3/b12-11+. The third-order valence-electron chi connectivity index (χ3n) is 5.38. The number of thiazole rings is 1. The van der Waals surface area contributed by atoms with Gasteiger partial charge in [0.1, 0.15) is 12.4 Å². The first-order valence-electron chi connectivity index (χ1n) is 10.4. The SMILES string of the molecule is Cc1nc(COc2cccc(/C=C/C(=O)N3CCN(C)CC3c3ccccc3)c2)cs1. The molecule has 1 aliphatic rings. The van der Waals surface area contributed by atoms with E-state index in [4.69, 9.17) is 4.74 Å². The molecule has 5 nitrogen and oxygen atoms in total. The summed E-state index contributed by atoms with van der Waals surface area (Å²) in [6, 6.07) is 18.1. The van der Waals surface area contributed by atoms with Gasteiger partial charge in [-0.05, 0) is 43.3 Å². The van der Waals surface area contributed by atoms with Crippen LogP contribution in [0.5, 0.6) is 5.75 Å². The van der Waals surface area contributed by atoms with E-state index in [1.807, 2.05) is 65.7 Å². The molecule has 31 heavy (non-hydrogen) atoms. The molecular weight excluding hydrogens is 406 g/mol. The lowest BCUT2D eigenvalue weighted by molar-refractivity contribution is -0.130. The summed E-state index contributed by atoms with van der Waals surface area (Å²) in [5.41, 5.74) is 3.04. The lowest BCUT2D eigenvalue weighted by atomic mass is 10.0. The summed E-state index contributed by atoms with van der Waals surface area (Å²) in [4.78, 5) is 21.7. The Hall–Kier alpha value is -2.96. The number of hydrogen-bond acceptors (Lipinski definition) is 5. The van der Waals surface area contributed by atoms with Crippen LogP contribution in [0.4, 0.5) is 0 Å². The van der Waals surface area contributed by atoms with Crippen LogP contribution in [0, 0.1) is 6.92 Å². The van der Waals surface area contributed by atoms with Crippen LogP contribution in [0.2, 0.25) is 0 Å². The van der Waals surface area contributed by atoms with Crippen molar-refractivity contribution >= 4 is 23.3 Å². The molecule has 160 valence electrons. The minimum Gasteiger partial charge on any atom is -0.487 e. The zero-order valence-corrected chi connectivity index (χ0v) is 18.7. The molecule has 1 atom stereocenters. The van der Waals surface area contributed by atoms with Crippen LogP contribution in [0.3, 0.4) is 0 Å². The van der Waals surface area contributed by atoms with Crippen LogP contribution in [-0.2, 0) is 11.4 Å². The molecule has 0 saturated carbocycles. The first-order chi connectivity index (χ1) is 15.1. The number of carbonyl (C=O) groups is 1. The molecule has 2 aromatic carbocycles. The van der Waals surface area contributed by atoms with E-state index in [2.05, 4.69) is 29.1 Å². The van der Waals surface area contributed by atoms with Gasteiger partial charge in [0, 0.05) is 31.1 Å². The zero-order chi connectivity index (χ0) is 21.6. The molecule has 0 bridgehead atoms. The Bertz CT molecular complexity index is 1050. The van der Waals surface area contributed by atoms with Crippen molar-refractivity contribution in [2.24, 2.45) is 0 Å². The molecule has 3 aromatic rings. The fraction of sp³-hybridized carbons (Fsp3) is 0.280. The molecule has 4 rings (SSSR count). The first kappa shape index (κ1) is 21.3. The van der Waals surface area contributed by atoms with Crippen LogP contribution >= 0.6 is 11.3 Å². The molecule has 1 aromatic heterocycles. The Kier molecular flexibility index (Phi) is 6.79. The quantitative estimate of drug-likeness (QED) is 0.535. The molecule has 0 aliphatic carbocycles. The van der Waals surface area contributed by atoms with Gasteiger partial charge in [-0.3, -0.25) is 4.79 Å². The van der Waals surface area contributed by atoms with E-state index in [9.17, 15) is 4.79 Å². The van der Waals surface area contributed by atoms with Gasteiger partial charge < -0.3 is 14.5 Å². The van der Waals surface area contributed by atoms with Crippen LogP contribution in [0.15, 0.2) is 66.1 Å². The van der Waals surface area contributed by atoms with Gasteiger partial charge in [0.2, 0.25) is 5.91 Å². The van der Waals surface area contributed by atoms with Crippen molar-refractivity contribution in [2.45, 2.75) is 19.6 Å². The van der Waals surface area contributed by atoms with Gasteiger partial charge in [0.05, 0.1) is 16.7 Å². The molecule has 1 unspecified atom stereocenters. The normalized spacial score (nSPS) is 17.2. The number of piperazine rings is 1. The van der Waals surface area contributed by atoms with E-state index in [-0.39, 0.29) is 11.9 Å². The maximum atomic E-state index is 13.0. The summed E-state index contributed by atoms with van der Waals surface area (Å²) >= 11 is 1.62. The molecule has 0 spiro atoms. The van der Waals surface area contributed by atoms with Gasteiger partial charge in [0.15, 0.2) is 0 Å². The van der Waals surface area contributed by atoms with E-state index >= 15 is 0 Å². The molecule has 1 amide bonds. The lowest BCUT2D eigenvalue weighted by Crippen LogP contribution is -2.48. The number of benzene rings is 2. The Labute approximate surface area is 187 Å². The highest BCUT2D eigenvalue weighted by Gasteiger charge is 2.28. The van der Waals surface area contributed by atoms with Crippen molar-refractivity contribution < 1.29 is 9.53 Å². The van der Waals surface area contributed by atoms with E-state index in [1.54, 1.807) is 17.4 Å². The topological polar surface area (TPSA) is 45.7 Å². The Morgan fingerprint density at radius 1 is 1.19 bits per heavy atom. The van der Waals surface area contributed by atoms with Crippen molar-refractivity contribution in [1.82, 2.24) is 14.8 Å². The Morgan fingerprint density at radius 3 is 2.81 bits per heavy atom. The second kappa shape index (κ2) is 9.90. The second-order valence-electron chi connectivity index (χ2n) is 7.77. The number of rotatable bonds is 6. The van der Waals surface area contributed by atoms with Crippen molar-refractivity contribution in [1.29, 1.82) is 0 Å². The van der Waals surface area contributed by atoms with E-state index < -0.39 is 0 Å². The Balaban J connectivity index is 1.43. The van der Waals surface area contributed by atoms with Crippen molar-refractivity contribution in [2.75, 3.05) is 26.7 Å². The summed E-state index contributed by atoms with van der Waals surface area (Å²) in [5.74, 6) is 0.799. The monoisotopic (exact) mass is 433 g/mol. The second-order valence-corrected chi connectivity index (χ2v) is 8.83. The minimum atomic E-state index is 0.0335. The summed E-state index contributed by atoms with van der Waals surface area (Å²) in [5, 5.41) is 3.04. The average Bonchev–Trinajstić information content (AvgIpc) is 3.22. The summed E-state index contributed by atoms with van der Waals surface area (Å²) in [6.07, 6.45) is 3.53. The van der Waals surface area contributed by atoms with Crippen molar-refractivity contribution in [3.63, 3.8) is 0 Å². The number of hydrogen-bond donors (Lipinski definition) is 0. The fourth-order valence-corrected chi connectivity index (χ4v) is 4.34. The first-order valence-corrected chi connectivity index (χ1v) is 11.3. The summed E-state index contributed by atoms with van der Waals surface area (Å²) in [6.45, 7) is 4.86. The highest BCUT2D eigenvalue weighted by molar-refractivity contribution is 7.09. The molecule has 1 fully saturated rings. The lowest BCUT2D eigenvalue weighted by Gasteiger charge is -2.40.